The lowest BCUT2D eigenvalue weighted by atomic mass is 10.1. The first-order valence-electron chi connectivity index (χ1n) is 7.27. The lowest BCUT2D eigenvalue weighted by molar-refractivity contribution is 0.0900. The smallest absolute Gasteiger partial charge is 0.162 e. The van der Waals surface area contributed by atoms with E-state index in [0.29, 0.717) is 12.5 Å². The molecular formula is C16H23BrN2O. The summed E-state index contributed by atoms with van der Waals surface area (Å²) in [5, 5.41) is 0. The highest BCUT2D eigenvalue weighted by Gasteiger charge is 2.20. The molecule has 0 radical (unpaired) electrons. The fraction of sp³-hybridized carbons (Fsp3) is 0.562. The van der Waals surface area contributed by atoms with Crippen LogP contribution in [0.1, 0.15) is 30.1 Å². The van der Waals surface area contributed by atoms with Gasteiger partial charge in [-0.3, -0.25) is 9.69 Å². The van der Waals surface area contributed by atoms with Gasteiger partial charge < -0.3 is 4.90 Å². The van der Waals surface area contributed by atoms with E-state index >= 15 is 0 Å². The molecule has 0 saturated carbocycles. The van der Waals surface area contributed by atoms with Gasteiger partial charge in [0.2, 0.25) is 0 Å². The van der Waals surface area contributed by atoms with Crippen LogP contribution in [0.15, 0.2) is 28.7 Å². The number of carbonyl (C=O) groups is 1. The average Bonchev–Trinajstić information content (AvgIpc) is 2.42. The molecule has 1 fully saturated rings. The molecule has 1 unspecified atom stereocenters. The number of rotatable bonds is 5. The van der Waals surface area contributed by atoms with E-state index in [1.807, 2.05) is 24.3 Å². The van der Waals surface area contributed by atoms with Crippen molar-refractivity contribution in [2.45, 2.75) is 25.8 Å². The van der Waals surface area contributed by atoms with E-state index in [4.69, 9.17) is 0 Å². The molecule has 4 heteroatoms. The van der Waals surface area contributed by atoms with E-state index in [0.717, 1.165) is 42.6 Å². The third-order valence-electron chi connectivity index (χ3n) is 3.98. The summed E-state index contributed by atoms with van der Waals surface area (Å²) in [5.41, 5.74) is 0.819. The van der Waals surface area contributed by atoms with E-state index in [-0.39, 0.29) is 5.78 Å². The van der Waals surface area contributed by atoms with Gasteiger partial charge in [-0.15, -0.1) is 0 Å². The van der Waals surface area contributed by atoms with Crippen LogP contribution in [-0.4, -0.2) is 54.9 Å². The Morgan fingerprint density at radius 1 is 1.30 bits per heavy atom. The summed E-state index contributed by atoms with van der Waals surface area (Å²) in [6.07, 6.45) is 1.59. The zero-order valence-corrected chi connectivity index (χ0v) is 13.9. The molecule has 0 bridgehead atoms. The van der Waals surface area contributed by atoms with Crippen molar-refractivity contribution in [3.8, 4) is 0 Å². The highest BCUT2D eigenvalue weighted by atomic mass is 79.9. The Labute approximate surface area is 130 Å². The van der Waals surface area contributed by atoms with Gasteiger partial charge in [0.15, 0.2) is 5.78 Å². The van der Waals surface area contributed by atoms with E-state index in [2.05, 4.69) is 39.7 Å². The van der Waals surface area contributed by atoms with Crippen molar-refractivity contribution in [3.05, 3.63) is 34.3 Å². The number of benzene rings is 1. The number of halogens is 1. The molecule has 1 heterocycles. The second-order valence-electron chi connectivity index (χ2n) is 5.68. The van der Waals surface area contributed by atoms with Crippen molar-refractivity contribution in [2.24, 2.45) is 0 Å². The highest BCUT2D eigenvalue weighted by Crippen LogP contribution is 2.14. The molecule has 20 heavy (non-hydrogen) atoms. The van der Waals surface area contributed by atoms with Crippen molar-refractivity contribution < 1.29 is 4.79 Å². The van der Waals surface area contributed by atoms with Crippen molar-refractivity contribution in [1.82, 2.24) is 9.80 Å². The maximum atomic E-state index is 12.1. The quantitative estimate of drug-likeness (QED) is 0.771. The Kier molecular flexibility index (Phi) is 5.75. The number of carbonyl (C=O) groups excluding carboxylic acids is 1. The molecular weight excluding hydrogens is 316 g/mol. The van der Waals surface area contributed by atoms with Crippen molar-refractivity contribution >= 4 is 21.7 Å². The Balaban J connectivity index is 1.75. The fourth-order valence-electron chi connectivity index (χ4n) is 2.73. The molecule has 1 atom stereocenters. The van der Waals surface area contributed by atoms with E-state index < -0.39 is 0 Å². The molecule has 1 aromatic rings. The summed E-state index contributed by atoms with van der Waals surface area (Å²) >= 11 is 3.39. The van der Waals surface area contributed by atoms with Gasteiger partial charge >= 0.3 is 0 Å². The monoisotopic (exact) mass is 338 g/mol. The van der Waals surface area contributed by atoms with Crippen LogP contribution < -0.4 is 0 Å². The molecule has 0 N–H and O–H groups in total. The second kappa shape index (κ2) is 7.34. The molecule has 110 valence electrons. The van der Waals surface area contributed by atoms with Crippen LogP contribution in [-0.2, 0) is 0 Å². The van der Waals surface area contributed by atoms with Gasteiger partial charge in [0, 0.05) is 42.1 Å². The summed E-state index contributed by atoms with van der Waals surface area (Å²) in [6, 6.07) is 8.23. The van der Waals surface area contributed by atoms with Gasteiger partial charge in [-0.05, 0) is 39.1 Å². The zero-order chi connectivity index (χ0) is 14.5. The number of ketones is 1. The first-order chi connectivity index (χ1) is 9.56. The molecule has 0 aromatic heterocycles. The lowest BCUT2D eigenvalue weighted by Crippen LogP contribution is -2.50. The minimum absolute atomic E-state index is 0.249. The Bertz CT molecular complexity index is 446. The van der Waals surface area contributed by atoms with E-state index in [9.17, 15) is 4.79 Å². The minimum Gasteiger partial charge on any atom is -0.304 e. The topological polar surface area (TPSA) is 23.6 Å². The number of hydrogen-bond donors (Lipinski definition) is 0. The molecule has 1 aliphatic rings. The van der Waals surface area contributed by atoms with Crippen LogP contribution in [0.4, 0.5) is 0 Å². The van der Waals surface area contributed by atoms with E-state index in [1.165, 1.54) is 0 Å². The third-order valence-corrected chi connectivity index (χ3v) is 4.51. The van der Waals surface area contributed by atoms with Crippen LogP contribution in [0.5, 0.6) is 0 Å². The largest absolute Gasteiger partial charge is 0.304 e. The summed E-state index contributed by atoms with van der Waals surface area (Å²) < 4.78 is 1.01. The molecule has 3 nitrogen and oxygen atoms in total. The molecule has 0 amide bonds. The molecule has 0 aliphatic carbocycles. The predicted octanol–water partition coefficient (Wildman–Crippen LogP) is 3.05. The SMILES string of the molecule is CC1CN(C)CCN1CCCC(=O)c1ccc(Br)cc1. The lowest BCUT2D eigenvalue weighted by Gasteiger charge is -2.38. The molecule has 2 rings (SSSR count). The number of likely N-dealkylation sites (N-methyl/N-ethyl adjacent to an activating group) is 1. The van der Waals surface area contributed by atoms with Gasteiger partial charge in [0.25, 0.3) is 0 Å². The van der Waals surface area contributed by atoms with Crippen molar-refractivity contribution in [1.29, 1.82) is 0 Å². The Hall–Kier alpha value is -0.710. The maximum absolute atomic E-state index is 12.1. The van der Waals surface area contributed by atoms with Crippen LogP contribution in [0, 0.1) is 0 Å². The molecule has 0 spiro atoms. The first-order valence-corrected chi connectivity index (χ1v) is 8.07. The number of Topliss-reactive ketones (excluding diaryl/α,β-unsaturated/α-hetero) is 1. The van der Waals surface area contributed by atoms with Crippen molar-refractivity contribution in [2.75, 3.05) is 33.2 Å². The maximum Gasteiger partial charge on any atom is 0.162 e. The van der Waals surface area contributed by atoms with E-state index in [1.54, 1.807) is 0 Å². The standard InChI is InChI=1S/C16H23BrN2O/c1-13-12-18(2)10-11-19(13)9-3-4-16(20)14-5-7-15(17)8-6-14/h5-8,13H,3-4,9-12H2,1-2H3. The van der Waals surface area contributed by atoms with Gasteiger partial charge in [-0.1, -0.05) is 28.1 Å². The van der Waals surface area contributed by atoms with Crippen LogP contribution in [0.25, 0.3) is 0 Å². The number of nitrogens with zero attached hydrogens (tertiary/aromatic N) is 2. The fourth-order valence-corrected chi connectivity index (χ4v) is 3.00. The second-order valence-corrected chi connectivity index (χ2v) is 6.60. The van der Waals surface area contributed by atoms with Gasteiger partial charge in [0.1, 0.15) is 0 Å². The summed E-state index contributed by atoms with van der Waals surface area (Å²) in [6.45, 7) is 6.67. The number of hydrogen-bond acceptors (Lipinski definition) is 3. The normalized spacial score (nSPS) is 21.1. The molecule has 1 saturated heterocycles. The average molecular weight is 339 g/mol. The minimum atomic E-state index is 0.249. The first kappa shape index (κ1) is 15.7. The predicted molar refractivity (Wildman–Crippen MR) is 86.2 cm³/mol. The molecule has 1 aromatic carbocycles. The summed E-state index contributed by atoms with van der Waals surface area (Å²) in [4.78, 5) is 17.0. The van der Waals surface area contributed by atoms with Crippen LogP contribution in [0.3, 0.4) is 0 Å². The van der Waals surface area contributed by atoms with Gasteiger partial charge in [-0.25, -0.2) is 0 Å². The highest BCUT2D eigenvalue weighted by molar-refractivity contribution is 9.10. The zero-order valence-electron chi connectivity index (χ0n) is 12.3. The van der Waals surface area contributed by atoms with Crippen LogP contribution in [0.2, 0.25) is 0 Å². The summed E-state index contributed by atoms with van der Waals surface area (Å²) in [7, 11) is 2.17. The van der Waals surface area contributed by atoms with Gasteiger partial charge in [-0.2, -0.15) is 0 Å². The Morgan fingerprint density at radius 3 is 2.65 bits per heavy atom. The number of piperazine rings is 1. The molecule has 1 aliphatic heterocycles. The van der Waals surface area contributed by atoms with Gasteiger partial charge in [0.05, 0.1) is 0 Å². The summed E-state index contributed by atoms with van der Waals surface area (Å²) in [5.74, 6) is 0.249. The Morgan fingerprint density at radius 2 is 2.00 bits per heavy atom. The van der Waals surface area contributed by atoms with Crippen molar-refractivity contribution in [3.63, 3.8) is 0 Å². The third kappa shape index (κ3) is 4.40. The van der Waals surface area contributed by atoms with Crippen LogP contribution >= 0.6 is 15.9 Å².